The van der Waals surface area contributed by atoms with Gasteiger partial charge in [-0.1, -0.05) is 29.8 Å². The van der Waals surface area contributed by atoms with Crippen molar-refractivity contribution in [1.29, 1.82) is 0 Å². The van der Waals surface area contributed by atoms with Crippen LogP contribution in [0.1, 0.15) is 23.7 Å². The van der Waals surface area contributed by atoms with Crippen LogP contribution in [0.5, 0.6) is 0 Å². The lowest BCUT2D eigenvalue weighted by Crippen LogP contribution is -2.35. The van der Waals surface area contributed by atoms with Crippen molar-refractivity contribution in [3.8, 4) is 0 Å². The average Bonchev–Trinajstić information content (AvgIpc) is 2.68. The van der Waals surface area contributed by atoms with Crippen molar-refractivity contribution >= 4 is 35.1 Å². The molecule has 2 aromatic rings. The van der Waals surface area contributed by atoms with Crippen LogP contribution in [0.25, 0.3) is 0 Å². The van der Waals surface area contributed by atoms with Crippen LogP contribution in [0.2, 0.25) is 5.02 Å². The number of ether oxygens (including phenoxy) is 1. The van der Waals surface area contributed by atoms with Gasteiger partial charge in [-0.2, -0.15) is 0 Å². The molecule has 0 radical (unpaired) electrons. The molecule has 2 aromatic carbocycles. The van der Waals surface area contributed by atoms with Gasteiger partial charge in [0.15, 0.2) is 6.61 Å². The van der Waals surface area contributed by atoms with Gasteiger partial charge in [-0.05, 0) is 43.3 Å². The van der Waals surface area contributed by atoms with E-state index >= 15 is 0 Å². The molecule has 7 heteroatoms. The molecule has 6 nitrogen and oxygen atoms in total. The predicted octanol–water partition coefficient (Wildman–Crippen LogP) is 3.06. The molecule has 142 valence electrons. The lowest BCUT2D eigenvalue weighted by Gasteiger charge is -2.20. The minimum atomic E-state index is -0.552. The van der Waals surface area contributed by atoms with Gasteiger partial charge in [0.05, 0.1) is 6.42 Å². The molecule has 0 aliphatic heterocycles. The average molecular weight is 389 g/mol. The molecule has 0 aliphatic rings. The number of hydrogen-bond acceptors (Lipinski definition) is 4. The molecule has 0 saturated heterocycles. The largest absolute Gasteiger partial charge is 0.455 e. The van der Waals surface area contributed by atoms with E-state index in [9.17, 15) is 14.4 Å². The number of rotatable bonds is 8. The fourth-order valence-electron chi connectivity index (χ4n) is 2.38. The lowest BCUT2D eigenvalue weighted by molar-refractivity contribution is -0.147. The van der Waals surface area contributed by atoms with E-state index in [2.05, 4.69) is 5.32 Å². The molecular formula is C20H21ClN2O4. The van der Waals surface area contributed by atoms with Gasteiger partial charge in [0.2, 0.25) is 0 Å². The Hall–Kier alpha value is -2.86. The van der Waals surface area contributed by atoms with Crippen LogP contribution in [0, 0.1) is 0 Å². The van der Waals surface area contributed by atoms with Gasteiger partial charge in [-0.15, -0.1) is 0 Å². The Labute approximate surface area is 163 Å². The summed E-state index contributed by atoms with van der Waals surface area (Å²) in [5.74, 6) is -1.16. The molecule has 0 atom stereocenters. The smallest absolute Gasteiger partial charge is 0.308 e. The van der Waals surface area contributed by atoms with Gasteiger partial charge in [0.1, 0.15) is 0 Å². The van der Waals surface area contributed by atoms with Gasteiger partial charge in [0.25, 0.3) is 11.8 Å². The zero-order valence-electron chi connectivity index (χ0n) is 15.0. The molecule has 27 heavy (non-hydrogen) atoms. The molecule has 0 aliphatic carbocycles. The second-order valence-electron chi connectivity index (χ2n) is 5.65. The number of nitrogens with one attached hydrogen (secondary N) is 1. The summed E-state index contributed by atoms with van der Waals surface area (Å²) in [6.07, 6.45) is -0.0237. The zero-order valence-corrected chi connectivity index (χ0v) is 15.7. The van der Waals surface area contributed by atoms with E-state index in [1.165, 1.54) is 4.90 Å². The molecule has 0 unspecified atom stereocenters. The van der Waals surface area contributed by atoms with Gasteiger partial charge in [0, 0.05) is 29.4 Å². The maximum atomic E-state index is 12.2. The number of nitrogens with zero attached hydrogens (tertiary/aromatic N) is 1. The molecule has 0 saturated carbocycles. The summed E-state index contributed by atoms with van der Waals surface area (Å²) in [5.41, 5.74) is 1.20. The molecule has 0 fully saturated rings. The first-order valence-electron chi connectivity index (χ1n) is 8.56. The molecule has 0 bridgehead atoms. The van der Waals surface area contributed by atoms with Crippen LogP contribution in [-0.2, 0) is 14.3 Å². The molecular weight excluding hydrogens is 368 g/mol. The second-order valence-corrected chi connectivity index (χ2v) is 6.08. The van der Waals surface area contributed by atoms with E-state index in [1.54, 1.807) is 24.3 Å². The van der Waals surface area contributed by atoms with Gasteiger partial charge < -0.3 is 15.0 Å². The standard InChI is InChI=1S/C20H21ClN2O4/c1-2-23(17-6-4-3-5-7-17)18(24)14-27-19(25)12-13-22-20(26)15-8-10-16(21)11-9-15/h3-11H,2,12-14H2,1H3,(H,22,26). The van der Waals surface area contributed by atoms with Crippen LogP contribution >= 0.6 is 11.6 Å². The third kappa shape index (κ3) is 6.42. The second kappa shape index (κ2) is 10.3. The predicted molar refractivity (Wildman–Crippen MR) is 104 cm³/mol. The third-order valence-electron chi connectivity index (χ3n) is 3.76. The highest BCUT2D eigenvalue weighted by Gasteiger charge is 2.16. The minimum Gasteiger partial charge on any atom is -0.455 e. The minimum absolute atomic E-state index is 0.0237. The van der Waals surface area contributed by atoms with Crippen molar-refractivity contribution in [1.82, 2.24) is 5.32 Å². The van der Waals surface area contributed by atoms with E-state index in [1.807, 2.05) is 37.3 Å². The van der Waals surface area contributed by atoms with E-state index in [-0.39, 0.29) is 31.4 Å². The highest BCUT2D eigenvalue weighted by molar-refractivity contribution is 6.30. The van der Waals surface area contributed by atoms with Crippen LogP contribution in [0.3, 0.4) is 0 Å². The summed E-state index contributed by atoms with van der Waals surface area (Å²) < 4.78 is 5.01. The number of anilines is 1. The topological polar surface area (TPSA) is 75.7 Å². The number of esters is 1. The van der Waals surface area contributed by atoms with Crippen LogP contribution in [-0.4, -0.2) is 37.5 Å². The van der Waals surface area contributed by atoms with Gasteiger partial charge in [-0.3, -0.25) is 14.4 Å². The first-order valence-corrected chi connectivity index (χ1v) is 8.94. The third-order valence-corrected chi connectivity index (χ3v) is 4.01. The highest BCUT2D eigenvalue weighted by atomic mass is 35.5. The maximum absolute atomic E-state index is 12.2. The molecule has 0 aromatic heterocycles. The summed E-state index contributed by atoms with van der Waals surface area (Å²) in [6.45, 7) is 2.09. The quantitative estimate of drug-likeness (QED) is 0.705. The number of carbonyl (C=O) groups excluding carboxylic acids is 3. The van der Waals surface area contributed by atoms with Crippen LogP contribution in [0.15, 0.2) is 54.6 Å². The first kappa shape index (κ1) is 20.5. The first-order chi connectivity index (χ1) is 13.0. The number of amides is 2. The number of para-hydroxylation sites is 1. The monoisotopic (exact) mass is 388 g/mol. The van der Waals surface area contributed by atoms with Crippen molar-refractivity contribution in [2.75, 3.05) is 24.6 Å². The van der Waals surface area contributed by atoms with Crippen molar-refractivity contribution in [3.63, 3.8) is 0 Å². The number of likely N-dealkylation sites (N-methyl/N-ethyl adjacent to an activating group) is 1. The highest BCUT2D eigenvalue weighted by Crippen LogP contribution is 2.13. The Bertz CT molecular complexity index is 778. The number of hydrogen-bond donors (Lipinski definition) is 1. The number of halogens is 1. The zero-order chi connectivity index (χ0) is 19.6. The van der Waals surface area contributed by atoms with Crippen LogP contribution < -0.4 is 10.2 Å². The summed E-state index contributed by atoms with van der Waals surface area (Å²) in [5, 5.41) is 3.16. The van der Waals surface area contributed by atoms with Crippen molar-refractivity contribution in [2.24, 2.45) is 0 Å². The van der Waals surface area contributed by atoms with Crippen LogP contribution in [0.4, 0.5) is 5.69 Å². The van der Waals surface area contributed by atoms with E-state index in [0.29, 0.717) is 17.1 Å². The Kier molecular flexibility index (Phi) is 7.82. The SMILES string of the molecule is CCN(C(=O)COC(=O)CCNC(=O)c1ccc(Cl)cc1)c1ccccc1. The molecule has 2 amide bonds. The fourth-order valence-corrected chi connectivity index (χ4v) is 2.51. The fraction of sp³-hybridized carbons (Fsp3) is 0.250. The van der Waals surface area contributed by atoms with Crippen molar-refractivity contribution < 1.29 is 19.1 Å². The number of benzene rings is 2. The Morgan fingerprint density at radius 2 is 1.70 bits per heavy atom. The molecule has 2 rings (SSSR count). The summed E-state index contributed by atoms with van der Waals surface area (Å²) in [4.78, 5) is 37.5. The molecule has 1 N–H and O–H groups in total. The Morgan fingerprint density at radius 3 is 2.33 bits per heavy atom. The van der Waals surface area contributed by atoms with Gasteiger partial charge in [-0.25, -0.2) is 0 Å². The van der Waals surface area contributed by atoms with Gasteiger partial charge >= 0.3 is 5.97 Å². The van der Waals surface area contributed by atoms with Crippen molar-refractivity contribution in [2.45, 2.75) is 13.3 Å². The molecule has 0 heterocycles. The normalized spacial score (nSPS) is 10.1. The summed E-state index contributed by atoms with van der Waals surface area (Å²) in [6, 6.07) is 15.6. The van der Waals surface area contributed by atoms with Crippen molar-refractivity contribution in [3.05, 3.63) is 65.2 Å². The molecule has 0 spiro atoms. The Morgan fingerprint density at radius 1 is 1.04 bits per heavy atom. The lowest BCUT2D eigenvalue weighted by atomic mass is 10.2. The maximum Gasteiger partial charge on any atom is 0.308 e. The Balaban J connectivity index is 1.73. The van der Waals surface area contributed by atoms with E-state index < -0.39 is 5.97 Å². The summed E-state index contributed by atoms with van der Waals surface area (Å²) in [7, 11) is 0. The van der Waals surface area contributed by atoms with E-state index in [4.69, 9.17) is 16.3 Å². The number of carbonyl (C=O) groups is 3. The van der Waals surface area contributed by atoms with E-state index in [0.717, 1.165) is 5.69 Å². The summed E-state index contributed by atoms with van der Waals surface area (Å²) >= 11 is 5.77.